The van der Waals surface area contributed by atoms with E-state index in [4.69, 9.17) is 16.3 Å². The maximum atomic E-state index is 6.18. The van der Waals surface area contributed by atoms with E-state index in [1.807, 2.05) is 6.07 Å². The smallest absolute Gasteiger partial charge is 0.126 e. The maximum Gasteiger partial charge on any atom is 0.126 e. The minimum absolute atomic E-state index is 0.0304. The summed E-state index contributed by atoms with van der Waals surface area (Å²) in [6, 6.07) is 2.41. The molecule has 1 unspecified atom stereocenters. The molecule has 0 radical (unpaired) electrons. The lowest BCUT2D eigenvalue weighted by atomic mass is 9.87. The van der Waals surface area contributed by atoms with Gasteiger partial charge >= 0.3 is 0 Å². The van der Waals surface area contributed by atoms with Crippen LogP contribution in [0.1, 0.15) is 32.8 Å². The third-order valence-electron chi connectivity index (χ3n) is 2.95. The first kappa shape index (κ1) is 12.7. The molecule has 1 saturated heterocycles. The number of hydrogen-bond acceptors (Lipinski definition) is 3. The number of aromatic nitrogens is 1. The molecule has 0 spiro atoms. The summed E-state index contributed by atoms with van der Waals surface area (Å²) in [5, 5.41) is 4.11. The Balaban J connectivity index is 2.18. The number of nitrogens with zero attached hydrogens (tertiary/aromatic N) is 1. The van der Waals surface area contributed by atoms with E-state index in [2.05, 4.69) is 31.1 Å². The molecule has 94 valence electrons. The molecule has 1 atom stereocenters. The van der Waals surface area contributed by atoms with Crippen LogP contribution in [0.25, 0.3) is 0 Å². The SMILES string of the molecule is CC(C)(C)c1cc(NC2CCOC2)ncc1Cl. The molecule has 4 heteroatoms. The first-order valence-electron chi connectivity index (χ1n) is 5.97. The van der Waals surface area contributed by atoms with Crippen LogP contribution in [0.2, 0.25) is 5.02 Å². The first-order valence-corrected chi connectivity index (χ1v) is 6.35. The molecule has 2 heterocycles. The molecule has 1 fully saturated rings. The van der Waals surface area contributed by atoms with E-state index in [0.29, 0.717) is 6.04 Å². The van der Waals surface area contributed by atoms with Crippen LogP contribution in [0.5, 0.6) is 0 Å². The summed E-state index contributed by atoms with van der Waals surface area (Å²) in [5.41, 5.74) is 1.15. The van der Waals surface area contributed by atoms with Gasteiger partial charge in [-0.05, 0) is 23.5 Å². The largest absolute Gasteiger partial charge is 0.379 e. The first-order chi connectivity index (χ1) is 7.97. The van der Waals surface area contributed by atoms with E-state index in [0.717, 1.165) is 36.0 Å². The lowest BCUT2D eigenvalue weighted by Crippen LogP contribution is -2.20. The second-order valence-electron chi connectivity index (χ2n) is 5.50. The Morgan fingerprint density at radius 2 is 2.24 bits per heavy atom. The zero-order chi connectivity index (χ0) is 12.5. The van der Waals surface area contributed by atoms with Crippen molar-refractivity contribution in [3.8, 4) is 0 Å². The van der Waals surface area contributed by atoms with E-state index in [1.54, 1.807) is 6.20 Å². The molecule has 1 aromatic rings. The molecule has 2 rings (SSSR count). The highest BCUT2D eigenvalue weighted by Crippen LogP contribution is 2.30. The number of hydrogen-bond donors (Lipinski definition) is 1. The van der Waals surface area contributed by atoms with Crippen LogP contribution in [-0.2, 0) is 10.2 Å². The fraction of sp³-hybridized carbons (Fsp3) is 0.615. The topological polar surface area (TPSA) is 34.1 Å². The summed E-state index contributed by atoms with van der Waals surface area (Å²) >= 11 is 6.18. The minimum atomic E-state index is 0.0304. The number of pyridine rings is 1. The van der Waals surface area contributed by atoms with E-state index in [-0.39, 0.29) is 5.41 Å². The normalized spacial score (nSPS) is 20.6. The Hall–Kier alpha value is -0.800. The summed E-state index contributed by atoms with van der Waals surface area (Å²) in [6.45, 7) is 8.04. The number of anilines is 1. The van der Waals surface area contributed by atoms with Gasteiger partial charge in [-0.15, -0.1) is 0 Å². The average Bonchev–Trinajstić information content (AvgIpc) is 2.72. The highest BCUT2D eigenvalue weighted by molar-refractivity contribution is 6.31. The highest BCUT2D eigenvalue weighted by atomic mass is 35.5. The highest BCUT2D eigenvalue weighted by Gasteiger charge is 2.20. The molecule has 3 nitrogen and oxygen atoms in total. The molecule has 1 N–H and O–H groups in total. The maximum absolute atomic E-state index is 6.18. The molecular weight excluding hydrogens is 236 g/mol. The molecule has 1 aliphatic rings. The molecule has 0 aromatic carbocycles. The van der Waals surface area contributed by atoms with Gasteiger partial charge in [-0.2, -0.15) is 0 Å². The molecular formula is C13H19ClN2O. The van der Waals surface area contributed by atoms with Crippen molar-refractivity contribution >= 4 is 17.4 Å². The van der Waals surface area contributed by atoms with E-state index >= 15 is 0 Å². The molecule has 1 aliphatic heterocycles. The van der Waals surface area contributed by atoms with Crippen molar-refractivity contribution in [3.63, 3.8) is 0 Å². The zero-order valence-corrected chi connectivity index (χ0v) is 11.3. The van der Waals surface area contributed by atoms with Crippen LogP contribution in [-0.4, -0.2) is 24.2 Å². The summed E-state index contributed by atoms with van der Waals surface area (Å²) < 4.78 is 5.33. The Bertz CT molecular complexity index is 395. The van der Waals surface area contributed by atoms with Crippen LogP contribution in [0.3, 0.4) is 0 Å². The quantitative estimate of drug-likeness (QED) is 0.880. The van der Waals surface area contributed by atoms with Gasteiger partial charge in [-0.1, -0.05) is 32.4 Å². The number of nitrogens with one attached hydrogen (secondary N) is 1. The van der Waals surface area contributed by atoms with E-state index in [9.17, 15) is 0 Å². The Labute approximate surface area is 108 Å². The van der Waals surface area contributed by atoms with Crippen molar-refractivity contribution in [1.29, 1.82) is 0 Å². The third kappa shape index (κ3) is 3.11. The van der Waals surface area contributed by atoms with Crippen molar-refractivity contribution in [2.24, 2.45) is 0 Å². The summed E-state index contributed by atoms with van der Waals surface area (Å²) in [6.07, 6.45) is 2.76. The average molecular weight is 255 g/mol. The molecule has 0 saturated carbocycles. The minimum Gasteiger partial charge on any atom is -0.379 e. The van der Waals surface area contributed by atoms with Crippen LogP contribution in [0.15, 0.2) is 12.3 Å². The van der Waals surface area contributed by atoms with E-state index in [1.165, 1.54) is 0 Å². The Kier molecular flexibility index (Phi) is 3.59. The van der Waals surface area contributed by atoms with Gasteiger partial charge in [-0.3, -0.25) is 0 Å². The van der Waals surface area contributed by atoms with Gasteiger partial charge < -0.3 is 10.1 Å². The molecule has 17 heavy (non-hydrogen) atoms. The standard InChI is InChI=1S/C13H19ClN2O/c1-13(2,3)10-6-12(15-7-11(10)14)16-9-4-5-17-8-9/h6-7,9H,4-5,8H2,1-3H3,(H,15,16). The van der Waals surface area contributed by atoms with Crippen molar-refractivity contribution in [3.05, 3.63) is 22.8 Å². The van der Waals surface area contributed by atoms with Crippen molar-refractivity contribution in [2.75, 3.05) is 18.5 Å². The fourth-order valence-electron chi connectivity index (χ4n) is 1.95. The molecule has 0 amide bonds. The van der Waals surface area contributed by atoms with Gasteiger partial charge in [0.05, 0.1) is 17.7 Å². The van der Waals surface area contributed by atoms with Crippen LogP contribution in [0, 0.1) is 0 Å². The second-order valence-corrected chi connectivity index (χ2v) is 5.91. The van der Waals surface area contributed by atoms with Crippen LogP contribution in [0.4, 0.5) is 5.82 Å². The monoisotopic (exact) mass is 254 g/mol. The van der Waals surface area contributed by atoms with Gasteiger partial charge in [0.15, 0.2) is 0 Å². The predicted molar refractivity (Wildman–Crippen MR) is 70.8 cm³/mol. The van der Waals surface area contributed by atoms with Crippen molar-refractivity contribution < 1.29 is 4.74 Å². The Morgan fingerprint density at radius 1 is 1.47 bits per heavy atom. The lowest BCUT2D eigenvalue weighted by Gasteiger charge is -2.22. The van der Waals surface area contributed by atoms with Gasteiger partial charge in [0.25, 0.3) is 0 Å². The predicted octanol–water partition coefficient (Wildman–Crippen LogP) is 3.23. The number of rotatable bonds is 2. The number of halogens is 1. The van der Waals surface area contributed by atoms with Gasteiger partial charge in [0.2, 0.25) is 0 Å². The zero-order valence-electron chi connectivity index (χ0n) is 10.6. The number of ether oxygens (including phenoxy) is 1. The van der Waals surface area contributed by atoms with Gasteiger partial charge in [0, 0.05) is 12.8 Å². The van der Waals surface area contributed by atoms with Crippen molar-refractivity contribution in [2.45, 2.75) is 38.6 Å². The molecule has 1 aromatic heterocycles. The van der Waals surface area contributed by atoms with Crippen LogP contribution >= 0.6 is 11.6 Å². The third-order valence-corrected chi connectivity index (χ3v) is 3.25. The second kappa shape index (κ2) is 4.83. The summed E-state index contributed by atoms with van der Waals surface area (Å²) in [7, 11) is 0. The lowest BCUT2D eigenvalue weighted by molar-refractivity contribution is 0.195. The molecule has 0 bridgehead atoms. The summed E-state index contributed by atoms with van der Waals surface area (Å²) in [4.78, 5) is 4.32. The van der Waals surface area contributed by atoms with E-state index < -0.39 is 0 Å². The Morgan fingerprint density at radius 3 is 2.82 bits per heavy atom. The fourth-order valence-corrected chi connectivity index (χ4v) is 2.34. The molecule has 0 aliphatic carbocycles. The van der Waals surface area contributed by atoms with Crippen molar-refractivity contribution in [1.82, 2.24) is 4.98 Å². The van der Waals surface area contributed by atoms with Gasteiger partial charge in [-0.25, -0.2) is 4.98 Å². The van der Waals surface area contributed by atoms with Gasteiger partial charge in [0.1, 0.15) is 5.82 Å². The van der Waals surface area contributed by atoms with Crippen LogP contribution < -0.4 is 5.32 Å². The summed E-state index contributed by atoms with van der Waals surface area (Å²) in [5.74, 6) is 0.884.